The van der Waals surface area contributed by atoms with Gasteiger partial charge in [-0.15, -0.1) is 0 Å². The van der Waals surface area contributed by atoms with E-state index in [9.17, 15) is 0 Å². The molecule has 1 saturated heterocycles. The molecule has 0 spiro atoms. The molecule has 1 heterocycles. The maximum Gasteiger partial charge on any atom is 0.0472 e. The Kier molecular flexibility index (Phi) is 5.37. The van der Waals surface area contributed by atoms with Crippen LogP contribution in [0.1, 0.15) is 18.4 Å². The number of rotatable bonds is 6. The maximum absolute atomic E-state index is 5.52. The quantitative estimate of drug-likeness (QED) is 0.850. The Balaban J connectivity index is 1.93. The SMILES string of the molecule is CNCC1(CN(C)Cc2ccccc2)CCOCC1. The molecule has 0 aromatic heterocycles. The van der Waals surface area contributed by atoms with Crippen LogP contribution in [-0.2, 0) is 11.3 Å². The molecule has 0 saturated carbocycles. The van der Waals surface area contributed by atoms with E-state index < -0.39 is 0 Å². The van der Waals surface area contributed by atoms with Crippen LogP contribution in [0.5, 0.6) is 0 Å². The highest BCUT2D eigenvalue weighted by Crippen LogP contribution is 2.30. The number of nitrogens with one attached hydrogen (secondary N) is 1. The van der Waals surface area contributed by atoms with Gasteiger partial charge in [-0.05, 0) is 37.9 Å². The van der Waals surface area contributed by atoms with Crippen molar-refractivity contribution in [2.45, 2.75) is 19.4 Å². The predicted molar refractivity (Wildman–Crippen MR) is 79.2 cm³/mol. The highest BCUT2D eigenvalue weighted by molar-refractivity contribution is 5.14. The van der Waals surface area contributed by atoms with Crippen molar-refractivity contribution in [3.8, 4) is 0 Å². The zero-order chi connectivity index (χ0) is 13.6. The molecular weight excluding hydrogens is 236 g/mol. The van der Waals surface area contributed by atoms with Crippen molar-refractivity contribution in [3.05, 3.63) is 35.9 Å². The summed E-state index contributed by atoms with van der Waals surface area (Å²) in [6.07, 6.45) is 2.32. The van der Waals surface area contributed by atoms with E-state index in [0.29, 0.717) is 5.41 Å². The lowest BCUT2D eigenvalue weighted by Crippen LogP contribution is -2.45. The van der Waals surface area contributed by atoms with Crippen molar-refractivity contribution in [2.24, 2.45) is 5.41 Å². The standard InChI is InChI=1S/C16H26N2O/c1-17-13-16(8-10-19-11-9-16)14-18(2)12-15-6-4-3-5-7-15/h3-7,17H,8-14H2,1-2H3. The first-order chi connectivity index (χ1) is 9.24. The van der Waals surface area contributed by atoms with E-state index in [0.717, 1.165) is 45.7 Å². The lowest BCUT2D eigenvalue weighted by Gasteiger charge is -2.40. The van der Waals surface area contributed by atoms with Crippen LogP contribution in [0.25, 0.3) is 0 Å². The van der Waals surface area contributed by atoms with E-state index in [4.69, 9.17) is 4.74 Å². The molecule has 1 N–H and O–H groups in total. The summed E-state index contributed by atoms with van der Waals surface area (Å²) in [6.45, 7) is 5.04. The van der Waals surface area contributed by atoms with E-state index >= 15 is 0 Å². The van der Waals surface area contributed by atoms with Crippen LogP contribution in [0.15, 0.2) is 30.3 Å². The van der Waals surface area contributed by atoms with Crippen molar-refractivity contribution in [1.82, 2.24) is 10.2 Å². The van der Waals surface area contributed by atoms with E-state index in [-0.39, 0.29) is 0 Å². The average molecular weight is 262 g/mol. The van der Waals surface area contributed by atoms with Gasteiger partial charge < -0.3 is 15.0 Å². The Bertz CT molecular complexity index is 355. The first-order valence-electron chi connectivity index (χ1n) is 7.19. The minimum Gasteiger partial charge on any atom is -0.381 e. The van der Waals surface area contributed by atoms with Gasteiger partial charge in [0.1, 0.15) is 0 Å². The third-order valence-electron chi connectivity index (χ3n) is 4.01. The number of ether oxygens (including phenoxy) is 1. The molecular formula is C16H26N2O. The lowest BCUT2D eigenvalue weighted by atomic mass is 9.79. The van der Waals surface area contributed by atoms with Gasteiger partial charge in [0.2, 0.25) is 0 Å². The average Bonchev–Trinajstić information content (AvgIpc) is 2.40. The molecule has 19 heavy (non-hydrogen) atoms. The van der Waals surface area contributed by atoms with Gasteiger partial charge in [0.05, 0.1) is 0 Å². The molecule has 0 unspecified atom stereocenters. The van der Waals surface area contributed by atoms with Crippen molar-refractivity contribution in [2.75, 3.05) is 40.4 Å². The summed E-state index contributed by atoms with van der Waals surface area (Å²) >= 11 is 0. The van der Waals surface area contributed by atoms with Crippen LogP contribution >= 0.6 is 0 Å². The molecule has 0 atom stereocenters. The third kappa shape index (κ3) is 4.30. The summed E-state index contributed by atoms with van der Waals surface area (Å²) in [7, 11) is 4.27. The van der Waals surface area contributed by atoms with Gasteiger partial charge in [-0.1, -0.05) is 30.3 Å². The number of benzene rings is 1. The van der Waals surface area contributed by atoms with Gasteiger partial charge in [-0.3, -0.25) is 0 Å². The smallest absolute Gasteiger partial charge is 0.0472 e. The predicted octanol–water partition coefficient (Wildman–Crippen LogP) is 2.13. The normalized spacial score (nSPS) is 18.7. The van der Waals surface area contributed by atoms with Crippen molar-refractivity contribution in [3.63, 3.8) is 0 Å². The van der Waals surface area contributed by atoms with Gasteiger partial charge in [0, 0.05) is 32.8 Å². The molecule has 2 rings (SSSR count). The van der Waals surface area contributed by atoms with Gasteiger partial charge >= 0.3 is 0 Å². The van der Waals surface area contributed by atoms with Crippen molar-refractivity contribution >= 4 is 0 Å². The van der Waals surface area contributed by atoms with E-state index in [1.165, 1.54) is 5.56 Å². The molecule has 3 nitrogen and oxygen atoms in total. The second-order valence-electron chi connectivity index (χ2n) is 5.80. The number of hydrogen-bond acceptors (Lipinski definition) is 3. The van der Waals surface area contributed by atoms with Crippen LogP contribution in [0.3, 0.4) is 0 Å². The maximum atomic E-state index is 5.52. The third-order valence-corrected chi connectivity index (χ3v) is 4.01. The molecule has 0 aliphatic carbocycles. The van der Waals surface area contributed by atoms with Crippen LogP contribution in [-0.4, -0.2) is 45.3 Å². The molecule has 1 aromatic rings. The Morgan fingerprint density at radius 2 is 1.89 bits per heavy atom. The van der Waals surface area contributed by atoms with Crippen LogP contribution < -0.4 is 5.32 Å². The van der Waals surface area contributed by atoms with E-state index in [2.05, 4.69) is 54.6 Å². The second-order valence-corrected chi connectivity index (χ2v) is 5.80. The molecule has 106 valence electrons. The Hall–Kier alpha value is -0.900. The molecule has 0 amide bonds. The Labute approximate surface area is 116 Å². The first-order valence-corrected chi connectivity index (χ1v) is 7.19. The highest BCUT2D eigenvalue weighted by atomic mass is 16.5. The van der Waals surface area contributed by atoms with Crippen LogP contribution in [0.2, 0.25) is 0 Å². The fourth-order valence-corrected chi connectivity index (χ4v) is 3.09. The van der Waals surface area contributed by atoms with Crippen molar-refractivity contribution in [1.29, 1.82) is 0 Å². The fourth-order valence-electron chi connectivity index (χ4n) is 3.09. The Morgan fingerprint density at radius 3 is 2.53 bits per heavy atom. The highest BCUT2D eigenvalue weighted by Gasteiger charge is 2.32. The molecule has 0 radical (unpaired) electrons. The summed E-state index contributed by atoms with van der Waals surface area (Å²) in [5.41, 5.74) is 1.76. The largest absolute Gasteiger partial charge is 0.381 e. The number of nitrogens with zero attached hydrogens (tertiary/aromatic N) is 1. The summed E-state index contributed by atoms with van der Waals surface area (Å²) in [6, 6.07) is 10.7. The minimum absolute atomic E-state index is 0.372. The van der Waals surface area contributed by atoms with Crippen LogP contribution in [0.4, 0.5) is 0 Å². The van der Waals surface area contributed by atoms with Crippen LogP contribution in [0, 0.1) is 5.41 Å². The summed E-state index contributed by atoms with van der Waals surface area (Å²) in [5, 5.41) is 3.37. The monoisotopic (exact) mass is 262 g/mol. The van der Waals surface area contributed by atoms with Gasteiger partial charge in [0.25, 0.3) is 0 Å². The molecule has 0 bridgehead atoms. The Morgan fingerprint density at radius 1 is 1.21 bits per heavy atom. The molecule has 1 aliphatic heterocycles. The van der Waals surface area contributed by atoms with Gasteiger partial charge in [0.15, 0.2) is 0 Å². The zero-order valence-corrected chi connectivity index (χ0v) is 12.2. The summed E-state index contributed by atoms with van der Waals surface area (Å²) in [5.74, 6) is 0. The second kappa shape index (κ2) is 7.04. The molecule has 1 fully saturated rings. The first kappa shape index (κ1) is 14.5. The molecule has 1 aliphatic rings. The zero-order valence-electron chi connectivity index (χ0n) is 12.2. The minimum atomic E-state index is 0.372. The lowest BCUT2D eigenvalue weighted by molar-refractivity contribution is -0.000734. The molecule has 3 heteroatoms. The van der Waals surface area contributed by atoms with Crippen molar-refractivity contribution < 1.29 is 4.74 Å². The van der Waals surface area contributed by atoms with Gasteiger partial charge in [-0.25, -0.2) is 0 Å². The van der Waals surface area contributed by atoms with E-state index in [1.807, 2.05) is 0 Å². The fraction of sp³-hybridized carbons (Fsp3) is 0.625. The van der Waals surface area contributed by atoms with E-state index in [1.54, 1.807) is 0 Å². The number of hydrogen-bond donors (Lipinski definition) is 1. The molecule has 1 aromatic carbocycles. The topological polar surface area (TPSA) is 24.5 Å². The van der Waals surface area contributed by atoms with Gasteiger partial charge in [-0.2, -0.15) is 0 Å². The summed E-state index contributed by atoms with van der Waals surface area (Å²) < 4.78 is 5.52. The summed E-state index contributed by atoms with van der Waals surface area (Å²) in [4.78, 5) is 2.44.